The van der Waals surface area contributed by atoms with Crippen LogP contribution in [0.15, 0.2) is 59.3 Å². The number of benzene rings is 1. The van der Waals surface area contributed by atoms with E-state index in [1.807, 2.05) is 30.3 Å². The molecule has 2 amide bonds. The highest BCUT2D eigenvalue weighted by molar-refractivity contribution is 5.98. The zero-order valence-electron chi connectivity index (χ0n) is 14.4. The Bertz CT molecular complexity index is 954. The van der Waals surface area contributed by atoms with Gasteiger partial charge in [-0.25, -0.2) is 4.68 Å². The molecule has 0 atom stereocenters. The molecule has 0 aliphatic carbocycles. The summed E-state index contributed by atoms with van der Waals surface area (Å²) < 4.78 is 7.00. The van der Waals surface area contributed by atoms with E-state index in [0.29, 0.717) is 17.1 Å². The van der Waals surface area contributed by atoms with E-state index in [1.54, 1.807) is 43.1 Å². The van der Waals surface area contributed by atoms with Crippen molar-refractivity contribution < 1.29 is 14.0 Å². The third-order valence-corrected chi connectivity index (χ3v) is 3.64. The van der Waals surface area contributed by atoms with Gasteiger partial charge in [-0.3, -0.25) is 20.4 Å². The van der Waals surface area contributed by atoms with E-state index in [-0.39, 0.29) is 0 Å². The number of aryl methyl sites for hydroxylation is 2. The molecular weight excluding hydrogens is 332 g/mol. The van der Waals surface area contributed by atoms with Crippen molar-refractivity contribution in [3.63, 3.8) is 0 Å². The summed E-state index contributed by atoms with van der Waals surface area (Å²) in [6, 6.07) is 11.3. The van der Waals surface area contributed by atoms with E-state index < -0.39 is 11.8 Å². The topological polar surface area (TPSA) is 89.2 Å². The van der Waals surface area contributed by atoms with Crippen LogP contribution in [-0.2, 0) is 4.79 Å². The monoisotopic (exact) mass is 350 g/mol. The molecule has 0 aliphatic rings. The summed E-state index contributed by atoms with van der Waals surface area (Å²) in [6.07, 6.45) is 6.38. The first-order valence-electron chi connectivity index (χ1n) is 7.98. The molecule has 2 aromatic heterocycles. The summed E-state index contributed by atoms with van der Waals surface area (Å²) in [5.41, 5.74) is 6.75. The average Bonchev–Trinajstić information content (AvgIpc) is 3.25. The second-order valence-electron chi connectivity index (χ2n) is 5.66. The molecule has 0 saturated carbocycles. The number of hydrazine groups is 1. The molecule has 7 heteroatoms. The van der Waals surface area contributed by atoms with Crippen molar-refractivity contribution in [3.05, 3.63) is 77.5 Å². The molecule has 132 valence electrons. The van der Waals surface area contributed by atoms with Crippen LogP contribution in [0.1, 0.15) is 27.4 Å². The van der Waals surface area contributed by atoms with E-state index in [4.69, 9.17) is 4.42 Å². The number of rotatable bonds is 4. The Morgan fingerprint density at radius 2 is 1.92 bits per heavy atom. The van der Waals surface area contributed by atoms with Crippen LogP contribution in [0.5, 0.6) is 0 Å². The van der Waals surface area contributed by atoms with Crippen molar-refractivity contribution in [2.24, 2.45) is 0 Å². The minimum absolute atomic E-state index is 0.385. The van der Waals surface area contributed by atoms with Gasteiger partial charge in [0.05, 0.1) is 17.4 Å². The molecule has 3 aromatic rings. The third kappa shape index (κ3) is 4.07. The van der Waals surface area contributed by atoms with Gasteiger partial charge in [0.25, 0.3) is 11.8 Å². The van der Waals surface area contributed by atoms with Gasteiger partial charge in [0, 0.05) is 17.8 Å². The molecule has 2 heterocycles. The Kier molecular flexibility index (Phi) is 4.98. The van der Waals surface area contributed by atoms with Gasteiger partial charge < -0.3 is 4.42 Å². The van der Waals surface area contributed by atoms with Gasteiger partial charge in [-0.1, -0.05) is 18.2 Å². The van der Waals surface area contributed by atoms with E-state index in [0.717, 1.165) is 11.3 Å². The molecule has 2 N–H and O–H groups in total. The van der Waals surface area contributed by atoms with Crippen molar-refractivity contribution >= 4 is 17.9 Å². The van der Waals surface area contributed by atoms with E-state index in [2.05, 4.69) is 16.0 Å². The number of hydrogen-bond acceptors (Lipinski definition) is 4. The lowest BCUT2D eigenvalue weighted by Crippen LogP contribution is -2.40. The standard InChI is InChI=1S/C19H18N4O3/c1-13-10-17(14(2)26-13)19(25)22-21-18(24)9-8-15-11-20-23(12-15)16-6-4-3-5-7-16/h3-12H,1-2H3,(H,21,24)(H,22,25)/b9-8+. The fourth-order valence-corrected chi connectivity index (χ4v) is 2.40. The number of carbonyl (C=O) groups is 2. The van der Waals surface area contributed by atoms with Crippen molar-refractivity contribution in [1.82, 2.24) is 20.6 Å². The Balaban J connectivity index is 1.56. The maximum Gasteiger partial charge on any atom is 0.273 e. The number of nitrogens with one attached hydrogen (secondary N) is 2. The SMILES string of the molecule is Cc1cc(C(=O)NNC(=O)/C=C/c2cnn(-c3ccccc3)c2)c(C)o1. The van der Waals surface area contributed by atoms with Gasteiger partial charge in [-0.05, 0) is 38.1 Å². The molecule has 7 nitrogen and oxygen atoms in total. The lowest BCUT2D eigenvalue weighted by molar-refractivity contribution is -0.117. The van der Waals surface area contributed by atoms with Crippen LogP contribution < -0.4 is 10.9 Å². The second-order valence-corrected chi connectivity index (χ2v) is 5.66. The van der Waals surface area contributed by atoms with Gasteiger partial charge in [-0.15, -0.1) is 0 Å². The third-order valence-electron chi connectivity index (χ3n) is 3.64. The number of hydrogen-bond donors (Lipinski definition) is 2. The number of carbonyl (C=O) groups excluding carboxylic acids is 2. The van der Waals surface area contributed by atoms with Crippen molar-refractivity contribution in [2.75, 3.05) is 0 Å². The van der Waals surface area contributed by atoms with Crippen molar-refractivity contribution in [1.29, 1.82) is 0 Å². The van der Waals surface area contributed by atoms with Crippen LogP contribution >= 0.6 is 0 Å². The quantitative estimate of drug-likeness (QED) is 0.559. The van der Waals surface area contributed by atoms with E-state index in [9.17, 15) is 9.59 Å². The van der Waals surface area contributed by atoms with Crippen LogP contribution in [0.4, 0.5) is 0 Å². The average molecular weight is 350 g/mol. The Hall–Kier alpha value is -3.61. The number of furan rings is 1. The van der Waals surface area contributed by atoms with Crippen LogP contribution in [0.3, 0.4) is 0 Å². The first-order valence-corrected chi connectivity index (χ1v) is 7.98. The Morgan fingerprint density at radius 3 is 2.62 bits per heavy atom. The van der Waals surface area contributed by atoms with Gasteiger partial charge in [-0.2, -0.15) is 5.10 Å². The van der Waals surface area contributed by atoms with Crippen LogP contribution in [0, 0.1) is 13.8 Å². The smallest absolute Gasteiger partial charge is 0.273 e. The molecule has 0 radical (unpaired) electrons. The van der Waals surface area contributed by atoms with Gasteiger partial charge >= 0.3 is 0 Å². The first kappa shape index (κ1) is 17.2. The lowest BCUT2D eigenvalue weighted by Gasteiger charge is -2.03. The van der Waals surface area contributed by atoms with E-state index >= 15 is 0 Å². The summed E-state index contributed by atoms with van der Waals surface area (Å²) in [4.78, 5) is 23.9. The number of nitrogens with zero attached hydrogens (tertiary/aromatic N) is 2. The molecule has 26 heavy (non-hydrogen) atoms. The fourth-order valence-electron chi connectivity index (χ4n) is 2.40. The molecule has 0 aliphatic heterocycles. The predicted molar refractivity (Wildman–Crippen MR) is 96.4 cm³/mol. The second kappa shape index (κ2) is 7.52. The van der Waals surface area contributed by atoms with Crippen LogP contribution in [0.2, 0.25) is 0 Å². The molecule has 0 spiro atoms. The van der Waals surface area contributed by atoms with Gasteiger partial charge in [0.1, 0.15) is 11.5 Å². The van der Waals surface area contributed by atoms with E-state index in [1.165, 1.54) is 6.08 Å². The van der Waals surface area contributed by atoms with Crippen molar-refractivity contribution in [2.45, 2.75) is 13.8 Å². The fraction of sp³-hybridized carbons (Fsp3) is 0.105. The maximum absolute atomic E-state index is 12.0. The molecule has 0 bridgehead atoms. The maximum atomic E-state index is 12.0. The molecular formula is C19H18N4O3. The highest BCUT2D eigenvalue weighted by atomic mass is 16.3. The predicted octanol–water partition coefficient (Wildman–Crippen LogP) is 2.56. The summed E-state index contributed by atoms with van der Waals surface area (Å²) >= 11 is 0. The largest absolute Gasteiger partial charge is 0.466 e. The Morgan fingerprint density at radius 1 is 1.15 bits per heavy atom. The summed E-state index contributed by atoms with van der Waals surface area (Å²) in [6.45, 7) is 3.44. The lowest BCUT2D eigenvalue weighted by atomic mass is 10.2. The number of amides is 2. The van der Waals surface area contributed by atoms with Gasteiger partial charge in [0.15, 0.2) is 0 Å². The minimum atomic E-state index is -0.455. The molecule has 1 aromatic carbocycles. The zero-order chi connectivity index (χ0) is 18.5. The highest BCUT2D eigenvalue weighted by Crippen LogP contribution is 2.13. The van der Waals surface area contributed by atoms with Crippen molar-refractivity contribution in [3.8, 4) is 5.69 Å². The number of aromatic nitrogens is 2. The molecule has 0 fully saturated rings. The summed E-state index contributed by atoms with van der Waals surface area (Å²) in [5.74, 6) is 0.245. The molecule has 0 saturated heterocycles. The highest BCUT2D eigenvalue weighted by Gasteiger charge is 2.13. The molecule has 3 rings (SSSR count). The summed E-state index contributed by atoms with van der Waals surface area (Å²) in [5, 5.41) is 4.24. The number of para-hydroxylation sites is 1. The van der Waals surface area contributed by atoms with Gasteiger partial charge in [0.2, 0.25) is 0 Å². The Labute approximate surface area is 150 Å². The molecule has 0 unspecified atom stereocenters. The zero-order valence-corrected chi connectivity index (χ0v) is 14.4. The first-order chi connectivity index (χ1) is 12.5. The van der Waals surface area contributed by atoms with Crippen LogP contribution in [-0.4, -0.2) is 21.6 Å². The normalized spacial score (nSPS) is 10.8. The van der Waals surface area contributed by atoms with Crippen LogP contribution in [0.25, 0.3) is 11.8 Å². The minimum Gasteiger partial charge on any atom is -0.466 e. The summed E-state index contributed by atoms with van der Waals surface area (Å²) in [7, 11) is 0.